The van der Waals surface area contributed by atoms with E-state index in [1.165, 1.54) is 0 Å². The molecule has 0 bridgehead atoms. The van der Waals surface area contributed by atoms with Gasteiger partial charge in [0.05, 0.1) is 0 Å². The molecule has 0 aromatic rings. The first-order valence-corrected chi connectivity index (χ1v) is 3.84. The predicted molar refractivity (Wildman–Crippen MR) is 47.8 cm³/mol. The first-order chi connectivity index (χ1) is 5.72. The summed E-state index contributed by atoms with van der Waals surface area (Å²) in [5, 5.41) is 8.35. The molecule has 0 aromatic carbocycles. The number of amidine groups is 1. The second-order valence-electron chi connectivity index (χ2n) is 2.62. The summed E-state index contributed by atoms with van der Waals surface area (Å²) in [5.74, 6) is 0.801. The number of aliphatic imine (C=N–C) groups is 1. The van der Waals surface area contributed by atoms with Crippen LogP contribution in [0.2, 0.25) is 0 Å². The number of hydrogen-bond donors (Lipinski definition) is 0. The van der Waals surface area contributed by atoms with Crippen LogP contribution >= 0.6 is 0 Å². The van der Waals surface area contributed by atoms with Gasteiger partial charge in [0, 0.05) is 34.2 Å². The average Bonchev–Trinajstić information content (AvgIpc) is 2.03. The van der Waals surface area contributed by atoms with Crippen molar-refractivity contribution in [2.45, 2.75) is 12.8 Å². The minimum Gasteiger partial charge on any atom is -0.385 e. The summed E-state index contributed by atoms with van der Waals surface area (Å²) < 4.78 is 4.89. The normalized spacial score (nSPS) is 11.0. The van der Waals surface area contributed by atoms with Crippen molar-refractivity contribution in [3.63, 3.8) is 0 Å². The van der Waals surface area contributed by atoms with E-state index in [0.29, 0.717) is 6.61 Å². The fourth-order valence-electron chi connectivity index (χ4n) is 0.812. The van der Waals surface area contributed by atoms with Gasteiger partial charge in [-0.05, 0) is 6.42 Å². The Morgan fingerprint density at radius 1 is 1.58 bits per heavy atom. The van der Waals surface area contributed by atoms with Gasteiger partial charge in [0.25, 0.3) is 0 Å². The van der Waals surface area contributed by atoms with Crippen LogP contribution < -0.4 is 0 Å². The molecule has 4 heteroatoms. The maximum absolute atomic E-state index is 8.35. The van der Waals surface area contributed by atoms with Crippen molar-refractivity contribution in [3.05, 3.63) is 0 Å². The highest BCUT2D eigenvalue weighted by atomic mass is 16.5. The molecule has 0 aliphatic carbocycles. The third-order valence-corrected chi connectivity index (χ3v) is 1.44. The van der Waals surface area contributed by atoms with E-state index in [9.17, 15) is 0 Å². The van der Waals surface area contributed by atoms with Gasteiger partial charge in [-0.25, -0.2) is 0 Å². The number of nitrogens with zero attached hydrogens (tertiary/aromatic N) is 3. The lowest BCUT2D eigenvalue weighted by molar-refractivity contribution is 0.196. The molecule has 4 nitrogen and oxygen atoms in total. The summed E-state index contributed by atoms with van der Waals surface area (Å²) in [5.41, 5.74) is 0. The van der Waals surface area contributed by atoms with Gasteiger partial charge in [0.1, 0.15) is 5.84 Å². The molecule has 0 saturated heterocycles. The number of methoxy groups -OCH3 is 1. The fourth-order valence-corrected chi connectivity index (χ4v) is 0.812. The summed E-state index contributed by atoms with van der Waals surface area (Å²) in [7, 11) is 5.42. The van der Waals surface area contributed by atoms with Crippen LogP contribution in [0.3, 0.4) is 0 Å². The third kappa shape index (κ3) is 4.69. The largest absolute Gasteiger partial charge is 0.385 e. The molecular formula is C8H15N3O. The Labute approximate surface area is 73.5 Å². The minimum atomic E-state index is 0.707. The van der Waals surface area contributed by atoms with E-state index in [0.717, 1.165) is 18.7 Å². The predicted octanol–water partition coefficient (Wildman–Crippen LogP) is 0.854. The standard InChI is InChI=1S/C8H15N3O/c1-11(2)8(10-7-9)5-4-6-12-3/h4-6H2,1-3H3/b10-8-. The lowest BCUT2D eigenvalue weighted by Crippen LogP contribution is -2.21. The molecule has 68 valence electrons. The lowest BCUT2D eigenvalue weighted by Gasteiger charge is -2.13. The minimum absolute atomic E-state index is 0.707. The first-order valence-electron chi connectivity index (χ1n) is 3.84. The Bertz CT molecular complexity index is 181. The Morgan fingerprint density at radius 2 is 2.25 bits per heavy atom. The zero-order valence-electron chi connectivity index (χ0n) is 7.87. The molecule has 0 amide bonds. The van der Waals surface area contributed by atoms with Crippen molar-refractivity contribution in [1.82, 2.24) is 4.90 Å². The van der Waals surface area contributed by atoms with Gasteiger partial charge in [-0.3, -0.25) is 0 Å². The second kappa shape index (κ2) is 6.62. The molecule has 0 aliphatic heterocycles. The van der Waals surface area contributed by atoms with Crippen molar-refractivity contribution in [2.75, 3.05) is 27.8 Å². The van der Waals surface area contributed by atoms with Gasteiger partial charge < -0.3 is 9.64 Å². The Morgan fingerprint density at radius 3 is 2.67 bits per heavy atom. The molecule has 0 radical (unpaired) electrons. The van der Waals surface area contributed by atoms with E-state index in [1.54, 1.807) is 13.3 Å². The van der Waals surface area contributed by atoms with E-state index >= 15 is 0 Å². The van der Waals surface area contributed by atoms with Gasteiger partial charge in [-0.2, -0.15) is 10.3 Å². The van der Waals surface area contributed by atoms with Gasteiger partial charge in [0.15, 0.2) is 0 Å². The van der Waals surface area contributed by atoms with Gasteiger partial charge in [-0.1, -0.05) is 0 Å². The van der Waals surface area contributed by atoms with Crippen LogP contribution in [0.5, 0.6) is 0 Å². The van der Waals surface area contributed by atoms with Crippen LogP contribution in [0, 0.1) is 11.5 Å². The molecule has 0 spiro atoms. The van der Waals surface area contributed by atoms with Crippen LogP contribution in [0.1, 0.15) is 12.8 Å². The molecule has 0 aromatic heterocycles. The van der Waals surface area contributed by atoms with Crippen molar-refractivity contribution < 1.29 is 4.74 Å². The van der Waals surface area contributed by atoms with E-state index in [4.69, 9.17) is 10.00 Å². The molecule has 0 saturated carbocycles. The smallest absolute Gasteiger partial charge is 0.207 e. The number of rotatable bonds is 4. The maximum Gasteiger partial charge on any atom is 0.207 e. The molecule has 12 heavy (non-hydrogen) atoms. The zero-order valence-corrected chi connectivity index (χ0v) is 7.87. The van der Waals surface area contributed by atoms with Crippen molar-refractivity contribution in [3.8, 4) is 6.19 Å². The van der Waals surface area contributed by atoms with Gasteiger partial charge >= 0.3 is 0 Å². The third-order valence-electron chi connectivity index (χ3n) is 1.44. The summed E-state index contributed by atoms with van der Waals surface area (Å²) in [6, 6.07) is 0. The number of ether oxygens (including phenoxy) is 1. The summed E-state index contributed by atoms with van der Waals surface area (Å²) in [4.78, 5) is 5.53. The summed E-state index contributed by atoms with van der Waals surface area (Å²) in [6.07, 6.45) is 3.47. The Hall–Kier alpha value is -1.08. The monoisotopic (exact) mass is 169 g/mol. The molecule has 0 heterocycles. The van der Waals surface area contributed by atoms with Crippen LogP contribution in [0.25, 0.3) is 0 Å². The number of hydrogen-bond acceptors (Lipinski definition) is 3. The van der Waals surface area contributed by atoms with E-state index in [2.05, 4.69) is 4.99 Å². The van der Waals surface area contributed by atoms with Crippen molar-refractivity contribution in [1.29, 1.82) is 5.26 Å². The molecule has 0 rings (SSSR count). The number of nitriles is 1. The SMILES string of the molecule is COCCC/C(=N/C#N)N(C)C. The summed E-state index contributed by atoms with van der Waals surface area (Å²) >= 11 is 0. The van der Waals surface area contributed by atoms with E-state index in [-0.39, 0.29) is 0 Å². The molecule has 0 fully saturated rings. The quantitative estimate of drug-likeness (QED) is 0.271. The molecule has 0 atom stereocenters. The molecule has 0 aliphatic rings. The van der Waals surface area contributed by atoms with Crippen LogP contribution in [0.15, 0.2) is 4.99 Å². The van der Waals surface area contributed by atoms with Gasteiger partial charge in [-0.15, -0.1) is 0 Å². The summed E-state index contributed by atoms with van der Waals surface area (Å²) in [6.45, 7) is 0.707. The topological polar surface area (TPSA) is 48.6 Å². The maximum atomic E-state index is 8.35. The Balaban J connectivity index is 3.83. The highest BCUT2D eigenvalue weighted by molar-refractivity contribution is 5.82. The first kappa shape index (κ1) is 10.9. The van der Waals surface area contributed by atoms with Crippen molar-refractivity contribution in [2.24, 2.45) is 4.99 Å². The zero-order chi connectivity index (χ0) is 9.40. The average molecular weight is 169 g/mol. The van der Waals surface area contributed by atoms with E-state index in [1.807, 2.05) is 19.0 Å². The molecule has 0 N–H and O–H groups in total. The highest BCUT2D eigenvalue weighted by Crippen LogP contribution is 1.96. The lowest BCUT2D eigenvalue weighted by atomic mass is 10.3. The van der Waals surface area contributed by atoms with Crippen LogP contribution in [-0.4, -0.2) is 38.5 Å². The van der Waals surface area contributed by atoms with Gasteiger partial charge in [0.2, 0.25) is 6.19 Å². The Kier molecular flexibility index (Phi) is 6.02. The van der Waals surface area contributed by atoms with Crippen LogP contribution in [0.4, 0.5) is 0 Å². The van der Waals surface area contributed by atoms with Crippen LogP contribution in [-0.2, 0) is 4.74 Å². The fraction of sp³-hybridized carbons (Fsp3) is 0.750. The van der Waals surface area contributed by atoms with Crippen molar-refractivity contribution >= 4 is 5.84 Å². The molecular weight excluding hydrogens is 154 g/mol. The van der Waals surface area contributed by atoms with E-state index < -0.39 is 0 Å². The second-order valence-corrected chi connectivity index (χ2v) is 2.62. The molecule has 0 unspecified atom stereocenters. The highest BCUT2D eigenvalue weighted by Gasteiger charge is 2.00.